The quantitative estimate of drug-likeness (QED) is 0.336. The van der Waals surface area contributed by atoms with Gasteiger partial charge in [-0.25, -0.2) is 4.98 Å². The number of amides is 1. The number of aromatic nitrogens is 1. The Balaban J connectivity index is 1.42. The molecule has 0 fully saturated rings. The van der Waals surface area contributed by atoms with Crippen LogP contribution in [0.25, 0.3) is 10.2 Å². The lowest BCUT2D eigenvalue weighted by molar-refractivity contribution is 0.0985. The molecular weight excluding hydrogens is 418 g/mol. The number of hydrogen-bond donors (Lipinski definition) is 2. The average molecular weight is 444 g/mol. The Hall–Kier alpha value is -3.51. The van der Waals surface area contributed by atoms with Gasteiger partial charge < -0.3 is 10.6 Å². The van der Waals surface area contributed by atoms with Crippen molar-refractivity contribution in [1.29, 1.82) is 0 Å². The van der Waals surface area contributed by atoms with Crippen LogP contribution >= 0.6 is 11.3 Å². The third kappa shape index (κ3) is 4.86. The van der Waals surface area contributed by atoms with Crippen molar-refractivity contribution in [1.82, 2.24) is 4.98 Å². The van der Waals surface area contributed by atoms with E-state index in [-0.39, 0.29) is 11.7 Å². The summed E-state index contributed by atoms with van der Waals surface area (Å²) in [6.07, 6.45) is 0.392. The highest BCUT2D eigenvalue weighted by atomic mass is 32.1. The first-order valence-electron chi connectivity index (χ1n) is 10.5. The molecule has 3 aromatic carbocycles. The fourth-order valence-corrected chi connectivity index (χ4v) is 4.69. The van der Waals surface area contributed by atoms with Crippen molar-refractivity contribution in [2.75, 3.05) is 17.2 Å². The fourth-order valence-electron chi connectivity index (χ4n) is 3.76. The van der Waals surface area contributed by atoms with Crippen molar-refractivity contribution >= 4 is 44.1 Å². The summed E-state index contributed by atoms with van der Waals surface area (Å²) in [5, 5.41) is 7.02. The Morgan fingerprint density at radius 2 is 1.62 bits per heavy atom. The van der Waals surface area contributed by atoms with Crippen LogP contribution in [0, 0.1) is 20.8 Å². The van der Waals surface area contributed by atoms with Gasteiger partial charge in [-0.1, -0.05) is 59.4 Å². The molecule has 4 aromatic rings. The molecule has 6 heteroatoms. The van der Waals surface area contributed by atoms with Crippen LogP contribution in [-0.2, 0) is 0 Å². The minimum atomic E-state index is -0.140. The topological polar surface area (TPSA) is 71.1 Å². The van der Waals surface area contributed by atoms with Crippen molar-refractivity contribution in [3.8, 4) is 0 Å². The number of nitrogens with one attached hydrogen (secondary N) is 2. The van der Waals surface area contributed by atoms with Gasteiger partial charge in [0.15, 0.2) is 10.9 Å². The highest BCUT2D eigenvalue weighted by Crippen LogP contribution is 2.28. The highest BCUT2D eigenvalue weighted by Gasteiger charge is 2.13. The second-order valence-electron chi connectivity index (χ2n) is 7.90. The smallest absolute Gasteiger partial charge is 0.255 e. The molecule has 1 amide bonds. The van der Waals surface area contributed by atoms with Gasteiger partial charge in [-0.05, 0) is 50.1 Å². The van der Waals surface area contributed by atoms with E-state index in [1.165, 1.54) is 16.9 Å². The van der Waals surface area contributed by atoms with Crippen LogP contribution in [0.15, 0.2) is 60.7 Å². The van der Waals surface area contributed by atoms with Crippen LogP contribution in [0.2, 0.25) is 0 Å². The normalized spacial score (nSPS) is 10.8. The number of nitrogens with zero attached hydrogens (tertiary/aromatic N) is 1. The number of hydrogen-bond acceptors (Lipinski definition) is 5. The first-order valence-corrected chi connectivity index (χ1v) is 11.3. The Labute approximate surface area is 191 Å². The molecule has 0 saturated heterocycles. The van der Waals surface area contributed by atoms with Gasteiger partial charge in [-0.15, -0.1) is 0 Å². The molecule has 0 aliphatic rings. The Bertz CT molecular complexity index is 1270. The summed E-state index contributed by atoms with van der Waals surface area (Å²) in [7, 11) is 0. The molecule has 0 bridgehead atoms. The van der Waals surface area contributed by atoms with Crippen LogP contribution in [0.1, 0.15) is 43.8 Å². The van der Waals surface area contributed by atoms with Crippen LogP contribution in [0.4, 0.5) is 10.8 Å². The van der Waals surface area contributed by atoms with E-state index in [0.717, 1.165) is 32.2 Å². The van der Waals surface area contributed by atoms with E-state index in [1.54, 1.807) is 6.07 Å². The Morgan fingerprint density at radius 1 is 0.906 bits per heavy atom. The van der Waals surface area contributed by atoms with Gasteiger partial charge in [0, 0.05) is 29.8 Å². The molecule has 0 saturated carbocycles. The summed E-state index contributed by atoms with van der Waals surface area (Å²) in [6.45, 7) is 6.56. The predicted molar refractivity (Wildman–Crippen MR) is 132 cm³/mol. The maximum absolute atomic E-state index is 12.9. The van der Waals surface area contributed by atoms with E-state index in [9.17, 15) is 9.59 Å². The van der Waals surface area contributed by atoms with E-state index in [1.807, 2.05) is 63.2 Å². The van der Waals surface area contributed by atoms with E-state index in [0.29, 0.717) is 24.1 Å². The predicted octanol–water partition coefficient (Wildman–Crippen LogP) is 6.16. The maximum Gasteiger partial charge on any atom is 0.255 e. The summed E-state index contributed by atoms with van der Waals surface area (Å²) in [4.78, 5) is 29.7. The van der Waals surface area contributed by atoms with Gasteiger partial charge in [0.1, 0.15) is 0 Å². The number of anilines is 2. The molecule has 0 spiro atoms. The number of benzene rings is 3. The number of carbonyl (C=O) groups excluding carboxylic acids is 2. The maximum atomic E-state index is 12.9. The summed E-state index contributed by atoms with van der Waals surface area (Å²) in [6, 6.07) is 18.9. The summed E-state index contributed by atoms with van der Waals surface area (Å²) in [5.74, 6) is -0.0434. The monoisotopic (exact) mass is 443 g/mol. The summed E-state index contributed by atoms with van der Waals surface area (Å²) in [5.41, 5.74) is 6.26. The number of aryl methyl sites for hydroxylation is 3. The van der Waals surface area contributed by atoms with Crippen molar-refractivity contribution in [3.05, 3.63) is 88.5 Å². The van der Waals surface area contributed by atoms with Gasteiger partial charge in [0.05, 0.1) is 10.2 Å². The molecule has 0 radical (unpaired) electrons. The third-order valence-corrected chi connectivity index (χ3v) is 6.27. The van der Waals surface area contributed by atoms with Gasteiger partial charge in [0.25, 0.3) is 5.91 Å². The largest absolute Gasteiger partial charge is 0.361 e. The number of thiazole rings is 1. The summed E-state index contributed by atoms with van der Waals surface area (Å²) < 4.78 is 0.923. The van der Waals surface area contributed by atoms with E-state index < -0.39 is 0 Å². The molecule has 162 valence electrons. The van der Waals surface area contributed by atoms with Gasteiger partial charge in [-0.3, -0.25) is 9.59 Å². The van der Waals surface area contributed by atoms with Gasteiger partial charge in [0.2, 0.25) is 0 Å². The number of carbonyl (C=O) groups is 2. The first kappa shape index (κ1) is 21.7. The van der Waals surface area contributed by atoms with Crippen LogP contribution < -0.4 is 10.6 Å². The minimum Gasteiger partial charge on any atom is -0.361 e. The van der Waals surface area contributed by atoms with Crippen LogP contribution in [0.3, 0.4) is 0 Å². The molecule has 0 aliphatic heterocycles. The highest BCUT2D eigenvalue weighted by molar-refractivity contribution is 7.22. The van der Waals surface area contributed by atoms with Crippen molar-refractivity contribution in [2.45, 2.75) is 27.2 Å². The lowest BCUT2D eigenvalue weighted by atomic mass is 10.0. The molecular formula is C26H25N3O2S. The van der Waals surface area contributed by atoms with Crippen LogP contribution in [0.5, 0.6) is 0 Å². The van der Waals surface area contributed by atoms with Gasteiger partial charge >= 0.3 is 0 Å². The van der Waals surface area contributed by atoms with E-state index in [4.69, 9.17) is 0 Å². The third-order valence-electron chi connectivity index (χ3n) is 5.29. The number of Topliss-reactive ketones (excluding diaryl/α,β-unsaturated/α-hetero) is 1. The lowest BCUT2D eigenvalue weighted by Crippen LogP contribution is -2.13. The fraction of sp³-hybridized carbons (Fsp3) is 0.192. The molecule has 0 unspecified atom stereocenters. The standard InChI is InChI=1S/C26H25N3O2S/c1-16-13-17(2)24(18(3)14-16)29-25(31)20-9-10-21-23(15-20)32-26(28-21)27-12-11-22(30)19-7-5-4-6-8-19/h4-10,13-15H,11-12H2,1-3H3,(H,27,28)(H,29,31). The van der Waals surface area contributed by atoms with Gasteiger partial charge in [-0.2, -0.15) is 0 Å². The molecule has 4 rings (SSSR count). The first-order chi connectivity index (χ1) is 15.4. The molecule has 0 atom stereocenters. The zero-order valence-electron chi connectivity index (χ0n) is 18.4. The minimum absolute atomic E-state index is 0.0971. The molecule has 2 N–H and O–H groups in total. The molecule has 0 aliphatic carbocycles. The summed E-state index contributed by atoms with van der Waals surface area (Å²) >= 11 is 1.48. The number of ketones is 1. The number of rotatable bonds is 7. The van der Waals surface area contributed by atoms with Crippen molar-refractivity contribution < 1.29 is 9.59 Å². The Morgan fingerprint density at radius 3 is 2.34 bits per heavy atom. The Kier molecular flexibility index (Phi) is 6.32. The second-order valence-corrected chi connectivity index (χ2v) is 8.93. The zero-order valence-corrected chi connectivity index (χ0v) is 19.2. The van der Waals surface area contributed by atoms with Crippen molar-refractivity contribution in [2.24, 2.45) is 0 Å². The van der Waals surface area contributed by atoms with Crippen LogP contribution in [-0.4, -0.2) is 23.2 Å². The second kappa shape index (κ2) is 9.32. The molecule has 32 heavy (non-hydrogen) atoms. The molecule has 5 nitrogen and oxygen atoms in total. The van der Waals surface area contributed by atoms with Crippen molar-refractivity contribution in [3.63, 3.8) is 0 Å². The van der Waals surface area contributed by atoms with E-state index in [2.05, 4.69) is 27.8 Å². The SMILES string of the molecule is Cc1cc(C)c(NC(=O)c2ccc3nc(NCCC(=O)c4ccccc4)sc3c2)c(C)c1. The average Bonchev–Trinajstić information content (AvgIpc) is 3.18. The molecule has 1 aromatic heterocycles. The lowest BCUT2D eigenvalue weighted by Gasteiger charge is -2.12. The zero-order chi connectivity index (χ0) is 22.7. The van der Waals surface area contributed by atoms with E-state index >= 15 is 0 Å². The number of fused-ring (bicyclic) bond motifs is 1. The molecule has 1 heterocycles.